The lowest BCUT2D eigenvalue weighted by Crippen LogP contribution is -2.17. The highest BCUT2D eigenvalue weighted by atomic mass is 16.5. The van der Waals surface area contributed by atoms with Gasteiger partial charge in [0.15, 0.2) is 5.58 Å². The molecule has 1 aromatic carbocycles. The smallest absolute Gasteiger partial charge is 0.176 e. The van der Waals surface area contributed by atoms with Gasteiger partial charge in [0.1, 0.15) is 5.82 Å². The molecule has 0 fully saturated rings. The van der Waals surface area contributed by atoms with Crippen molar-refractivity contribution in [3.05, 3.63) is 35.9 Å². The summed E-state index contributed by atoms with van der Waals surface area (Å²) in [5.74, 6) is 1.44. The second-order valence-electron chi connectivity index (χ2n) is 6.81. The molecule has 0 saturated carbocycles. The third-order valence-electron chi connectivity index (χ3n) is 4.57. The van der Waals surface area contributed by atoms with Crippen LogP contribution in [0.5, 0.6) is 0 Å². The van der Waals surface area contributed by atoms with E-state index in [-0.39, 0.29) is 5.41 Å². The Balaban J connectivity index is 2.12. The number of fused-ring (bicyclic) bond motifs is 1. The maximum atomic E-state index is 5.52. The van der Waals surface area contributed by atoms with Crippen LogP contribution in [0.2, 0.25) is 0 Å². The van der Waals surface area contributed by atoms with Gasteiger partial charge in [0, 0.05) is 16.4 Å². The van der Waals surface area contributed by atoms with Crippen molar-refractivity contribution in [3.8, 4) is 11.3 Å². The van der Waals surface area contributed by atoms with E-state index < -0.39 is 0 Å². The third kappa shape index (κ3) is 2.32. The Hall–Kier alpha value is -2.10. The van der Waals surface area contributed by atoms with E-state index in [4.69, 9.17) is 4.52 Å². The van der Waals surface area contributed by atoms with Crippen molar-refractivity contribution in [3.63, 3.8) is 0 Å². The van der Waals surface area contributed by atoms with Crippen LogP contribution in [-0.2, 0) is 5.41 Å². The summed E-state index contributed by atoms with van der Waals surface area (Å²) in [6, 6.07) is 4.25. The lowest BCUT2D eigenvalue weighted by molar-refractivity contribution is 0.457. The number of nitrogens with zero attached hydrogens (tertiary/aromatic N) is 2. The predicted octanol–water partition coefficient (Wildman–Crippen LogP) is 5.03. The first kappa shape index (κ1) is 14.8. The molecule has 2 heterocycles. The van der Waals surface area contributed by atoms with E-state index in [1.807, 2.05) is 6.20 Å². The Morgan fingerprint density at radius 3 is 2.68 bits per heavy atom. The molecule has 0 atom stereocenters. The minimum atomic E-state index is 0.0383. The molecule has 0 bridgehead atoms. The summed E-state index contributed by atoms with van der Waals surface area (Å²) in [5.41, 5.74) is 4.12. The molecule has 4 heteroatoms. The van der Waals surface area contributed by atoms with Gasteiger partial charge in [-0.25, -0.2) is 4.98 Å². The summed E-state index contributed by atoms with van der Waals surface area (Å²) in [5, 5.41) is 5.07. The van der Waals surface area contributed by atoms with Crippen LogP contribution in [-0.4, -0.2) is 15.1 Å². The highest BCUT2D eigenvalue weighted by molar-refractivity contribution is 5.93. The molecular formula is C18H23N3O. The quantitative estimate of drug-likeness (QED) is 0.735. The molecule has 4 nitrogen and oxygen atoms in total. The van der Waals surface area contributed by atoms with E-state index >= 15 is 0 Å². The van der Waals surface area contributed by atoms with E-state index in [1.165, 1.54) is 5.56 Å². The van der Waals surface area contributed by atoms with Crippen LogP contribution >= 0.6 is 0 Å². The number of hydrogen-bond acceptors (Lipinski definition) is 3. The van der Waals surface area contributed by atoms with Gasteiger partial charge in [-0.15, -0.1) is 0 Å². The largest absolute Gasteiger partial charge is 0.356 e. The van der Waals surface area contributed by atoms with Crippen molar-refractivity contribution in [2.45, 2.75) is 52.4 Å². The van der Waals surface area contributed by atoms with Gasteiger partial charge in [-0.05, 0) is 24.0 Å². The molecule has 0 aliphatic rings. The maximum absolute atomic E-state index is 5.52. The van der Waals surface area contributed by atoms with E-state index in [1.54, 1.807) is 6.20 Å². The second kappa shape index (κ2) is 5.27. The van der Waals surface area contributed by atoms with Gasteiger partial charge < -0.3 is 9.51 Å². The van der Waals surface area contributed by atoms with Crippen molar-refractivity contribution >= 4 is 11.0 Å². The molecule has 2 aromatic heterocycles. The molecule has 0 spiro atoms. The molecule has 1 N–H and O–H groups in total. The Labute approximate surface area is 130 Å². The van der Waals surface area contributed by atoms with E-state index in [0.29, 0.717) is 5.92 Å². The SMILES string of the molecule is CCC(C)(C)c1ncc(-c2ccc(C(C)C)c3cnoc23)[nH]1. The Morgan fingerprint density at radius 2 is 2.00 bits per heavy atom. The van der Waals surface area contributed by atoms with E-state index in [0.717, 1.165) is 34.5 Å². The molecule has 0 saturated heterocycles. The fourth-order valence-corrected chi connectivity index (χ4v) is 2.66. The first-order valence-corrected chi connectivity index (χ1v) is 7.87. The minimum Gasteiger partial charge on any atom is -0.356 e. The van der Waals surface area contributed by atoms with Gasteiger partial charge in [0.25, 0.3) is 0 Å². The van der Waals surface area contributed by atoms with Crippen LogP contribution in [0, 0.1) is 0 Å². The standard InChI is InChI=1S/C18H23N3O/c1-6-18(4,5)17-19-10-15(21-17)13-8-7-12(11(2)3)14-9-20-22-16(13)14/h7-11H,6H2,1-5H3,(H,19,21). The molecule has 0 amide bonds. The molecule has 22 heavy (non-hydrogen) atoms. The van der Waals surface area contributed by atoms with Crippen LogP contribution in [0.15, 0.2) is 29.0 Å². The van der Waals surface area contributed by atoms with Crippen molar-refractivity contribution in [1.82, 2.24) is 15.1 Å². The topological polar surface area (TPSA) is 54.7 Å². The third-order valence-corrected chi connectivity index (χ3v) is 4.57. The summed E-state index contributed by atoms with van der Waals surface area (Å²) in [6.07, 6.45) is 4.73. The van der Waals surface area contributed by atoms with Gasteiger partial charge in [-0.3, -0.25) is 0 Å². The predicted molar refractivity (Wildman–Crippen MR) is 89.0 cm³/mol. The number of benzene rings is 1. The molecule has 0 radical (unpaired) electrons. The minimum absolute atomic E-state index is 0.0383. The summed E-state index contributed by atoms with van der Waals surface area (Å²) in [6.45, 7) is 10.9. The number of aromatic nitrogens is 3. The lowest BCUT2D eigenvalue weighted by Gasteiger charge is -2.19. The fourth-order valence-electron chi connectivity index (χ4n) is 2.66. The highest BCUT2D eigenvalue weighted by Crippen LogP contribution is 2.34. The molecule has 0 aliphatic heterocycles. The monoisotopic (exact) mass is 297 g/mol. The number of H-pyrrole nitrogens is 1. The van der Waals surface area contributed by atoms with E-state index in [2.05, 4.69) is 61.9 Å². The zero-order chi connectivity index (χ0) is 15.9. The summed E-state index contributed by atoms with van der Waals surface area (Å²) in [7, 11) is 0. The van der Waals surface area contributed by atoms with Gasteiger partial charge in [0.2, 0.25) is 0 Å². The lowest BCUT2D eigenvalue weighted by atomic mass is 9.89. The van der Waals surface area contributed by atoms with Crippen LogP contribution in [0.3, 0.4) is 0 Å². The Kier molecular flexibility index (Phi) is 3.55. The average Bonchev–Trinajstić information content (AvgIpc) is 3.15. The molecule has 116 valence electrons. The zero-order valence-corrected chi connectivity index (χ0v) is 13.9. The van der Waals surface area contributed by atoms with Crippen LogP contribution in [0.4, 0.5) is 0 Å². The molecule has 0 aliphatic carbocycles. The van der Waals surface area contributed by atoms with Crippen LogP contribution in [0.1, 0.15) is 58.3 Å². The van der Waals surface area contributed by atoms with Crippen molar-refractivity contribution in [2.75, 3.05) is 0 Å². The molecule has 3 aromatic rings. The normalized spacial score (nSPS) is 12.5. The van der Waals surface area contributed by atoms with Crippen molar-refractivity contribution in [1.29, 1.82) is 0 Å². The first-order valence-electron chi connectivity index (χ1n) is 7.87. The summed E-state index contributed by atoms with van der Waals surface area (Å²) in [4.78, 5) is 8.02. The number of nitrogens with one attached hydrogen (secondary N) is 1. The average molecular weight is 297 g/mol. The summed E-state index contributed by atoms with van der Waals surface area (Å²) >= 11 is 0. The van der Waals surface area contributed by atoms with Crippen molar-refractivity contribution in [2.24, 2.45) is 0 Å². The van der Waals surface area contributed by atoms with Gasteiger partial charge in [-0.2, -0.15) is 0 Å². The van der Waals surface area contributed by atoms with Crippen LogP contribution < -0.4 is 0 Å². The van der Waals surface area contributed by atoms with Gasteiger partial charge in [-0.1, -0.05) is 45.8 Å². The van der Waals surface area contributed by atoms with Gasteiger partial charge >= 0.3 is 0 Å². The Morgan fingerprint density at radius 1 is 1.23 bits per heavy atom. The first-order chi connectivity index (χ1) is 10.4. The highest BCUT2D eigenvalue weighted by Gasteiger charge is 2.23. The van der Waals surface area contributed by atoms with Gasteiger partial charge in [0.05, 0.1) is 18.1 Å². The number of hydrogen-bond donors (Lipinski definition) is 1. The number of rotatable bonds is 4. The van der Waals surface area contributed by atoms with Crippen molar-refractivity contribution < 1.29 is 4.52 Å². The number of aromatic amines is 1. The molecule has 3 rings (SSSR count). The fraction of sp³-hybridized carbons (Fsp3) is 0.444. The molecular weight excluding hydrogens is 274 g/mol. The second-order valence-corrected chi connectivity index (χ2v) is 6.81. The molecule has 0 unspecified atom stereocenters. The van der Waals surface area contributed by atoms with Crippen LogP contribution in [0.25, 0.3) is 22.2 Å². The summed E-state index contributed by atoms with van der Waals surface area (Å²) < 4.78 is 5.52. The number of imidazole rings is 1. The zero-order valence-electron chi connectivity index (χ0n) is 13.9. The maximum Gasteiger partial charge on any atom is 0.176 e. The van der Waals surface area contributed by atoms with E-state index in [9.17, 15) is 0 Å². The Bertz CT molecular complexity index is 796.